The van der Waals surface area contributed by atoms with Gasteiger partial charge < -0.3 is 5.32 Å². The molecule has 2 aromatic rings. The van der Waals surface area contributed by atoms with E-state index >= 15 is 0 Å². The van der Waals surface area contributed by atoms with Gasteiger partial charge >= 0.3 is 0 Å². The van der Waals surface area contributed by atoms with Gasteiger partial charge in [-0.3, -0.25) is 24.6 Å². The van der Waals surface area contributed by atoms with Crippen molar-refractivity contribution in [2.75, 3.05) is 0 Å². The van der Waals surface area contributed by atoms with Crippen molar-refractivity contribution in [1.82, 2.24) is 15.5 Å². The molecule has 0 aliphatic carbocycles. The number of benzene rings is 2. The first-order chi connectivity index (χ1) is 15.2. The third-order valence-electron chi connectivity index (χ3n) is 6.37. The minimum atomic E-state index is -0.695. The maximum atomic E-state index is 13.0. The average Bonchev–Trinajstić information content (AvgIpc) is 3.18. The number of carbonyl (C=O) groups is 3. The van der Waals surface area contributed by atoms with Gasteiger partial charge in [0.05, 0.1) is 11.5 Å². The van der Waals surface area contributed by atoms with Crippen LogP contribution in [0, 0.1) is 0 Å². The van der Waals surface area contributed by atoms with E-state index in [2.05, 4.69) is 27.7 Å². The van der Waals surface area contributed by atoms with Crippen LogP contribution in [0.5, 0.6) is 0 Å². The lowest BCUT2D eigenvalue weighted by Crippen LogP contribution is -2.52. The first-order valence-corrected chi connectivity index (χ1v) is 11.3. The Kier molecular flexibility index (Phi) is 6.30. The molecule has 0 aromatic heterocycles. The summed E-state index contributed by atoms with van der Waals surface area (Å²) in [5.41, 5.74) is 3.06. The number of halogens is 2. The Balaban J connectivity index is 1.43. The number of hydrogen-bond acceptors (Lipinski definition) is 4. The van der Waals surface area contributed by atoms with E-state index in [0.29, 0.717) is 22.0 Å². The van der Waals surface area contributed by atoms with E-state index in [1.165, 1.54) is 11.1 Å². The smallest absolute Gasteiger partial charge is 0.240 e. The molecule has 0 spiro atoms. The molecule has 2 N–H and O–H groups in total. The van der Waals surface area contributed by atoms with Crippen LogP contribution < -0.4 is 10.6 Å². The highest BCUT2D eigenvalue weighted by Crippen LogP contribution is 2.37. The third kappa shape index (κ3) is 4.40. The number of fused-ring (bicyclic) bond motifs is 1. The SMILES string of the molecule is CC(C)(C(=O)NCc1cc(Cl)c(C2CCC(=O)NC2=O)c(Cl)c1)N1Cc2ccccc2C1. The summed E-state index contributed by atoms with van der Waals surface area (Å²) < 4.78 is 0. The highest BCUT2D eigenvalue weighted by molar-refractivity contribution is 6.36. The van der Waals surface area contributed by atoms with Crippen LogP contribution >= 0.6 is 23.2 Å². The predicted octanol–water partition coefficient (Wildman–Crippen LogP) is 3.92. The first kappa shape index (κ1) is 22.8. The van der Waals surface area contributed by atoms with E-state index < -0.39 is 11.5 Å². The quantitative estimate of drug-likeness (QED) is 0.644. The molecule has 2 aromatic carbocycles. The summed E-state index contributed by atoms with van der Waals surface area (Å²) in [4.78, 5) is 38.8. The second-order valence-electron chi connectivity index (χ2n) is 8.84. The van der Waals surface area contributed by atoms with Crippen LogP contribution in [0.15, 0.2) is 36.4 Å². The van der Waals surface area contributed by atoms with Crippen molar-refractivity contribution in [3.05, 3.63) is 68.7 Å². The van der Waals surface area contributed by atoms with Crippen LogP contribution in [0.1, 0.15) is 54.9 Å². The van der Waals surface area contributed by atoms with Gasteiger partial charge in [-0.05, 0) is 49.1 Å². The lowest BCUT2D eigenvalue weighted by Gasteiger charge is -2.34. The second-order valence-corrected chi connectivity index (χ2v) is 9.66. The van der Waals surface area contributed by atoms with Crippen LogP contribution in [-0.4, -0.2) is 28.2 Å². The normalized spacial score (nSPS) is 18.9. The maximum absolute atomic E-state index is 13.0. The fraction of sp³-hybridized carbons (Fsp3) is 0.375. The van der Waals surface area contributed by atoms with E-state index in [0.717, 1.165) is 18.7 Å². The van der Waals surface area contributed by atoms with E-state index in [1.54, 1.807) is 12.1 Å². The molecule has 1 saturated heterocycles. The van der Waals surface area contributed by atoms with Gasteiger partial charge in [-0.1, -0.05) is 47.5 Å². The summed E-state index contributed by atoms with van der Waals surface area (Å²) in [6, 6.07) is 11.6. The molecule has 1 fully saturated rings. The predicted molar refractivity (Wildman–Crippen MR) is 123 cm³/mol. The molecule has 0 saturated carbocycles. The Bertz CT molecular complexity index is 1050. The monoisotopic (exact) mass is 473 g/mol. The van der Waals surface area contributed by atoms with Gasteiger partial charge in [0.25, 0.3) is 0 Å². The highest BCUT2D eigenvalue weighted by Gasteiger charge is 2.37. The van der Waals surface area contributed by atoms with E-state index in [4.69, 9.17) is 23.2 Å². The van der Waals surface area contributed by atoms with Crippen LogP contribution in [0.3, 0.4) is 0 Å². The van der Waals surface area contributed by atoms with Crippen LogP contribution in [0.4, 0.5) is 0 Å². The van der Waals surface area contributed by atoms with Crippen LogP contribution in [-0.2, 0) is 34.0 Å². The van der Waals surface area contributed by atoms with Gasteiger partial charge in [0.1, 0.15) is 0 Å². The third-order valence-corrected chi connectivity index (χ3v) is 6.99. The van der Waals surface area contributed by atoms with E-state index in [9.17, 15) is 14.4 Å². The second kappa shape index (κ2) is 8.85. The number of nitrogens with one attached hydrogen (secondary N) is 2. The molecule has 32 heavy (non-hydrogen) atoms. The van der Waals surface area contributed by atoms with Crippen LogP contribution in [0.2, 0.25) is 10.0 Å². The minimum absolute atomic E-state index is 0.0909. The Hall–Kier alpha value is -2.41. The summed E-state index contributed by atoms with van der Waals surface area (Å²) in [5, 5.41) is 6.02. The molecule has 4 rings (SSSR count). The van der Waals surface area contributed by atoms with Gasteiger partial charge in [-0.15, -0.1) is 0 Å². The lowest BCUT2D eigenvalue weighted by molar-refractivity contribution is -0.134. The summed E-state index contributed by atoms with van der Waals surface area (Å²) in [7, 11) is 0. The molecule has 1 unspecified atom stereocenters. The molecule has 2 heterocycles. The van der Waals surface area contributed by atoms with Gasteiger partial charge in [0.2, 0.25) is 17.7 Å². The number of piperidine rings is 1. The summed E-state index contributed by atoms with van der Waals surface area (Å²) in [6.45, 7) is 5.56. The van der Waals surface area contributed by atoms with Gasteiger partial charge in [0.15, 0.2) is 0 Å². The van der Waals surface area contributed by atoms with Crippen molar-refractivity contribution in [3.8, 4) is 0 Å². The highest BCUT2D eigenvalue weighted by atomic mass is 35.5. The largest absolute Gasteiger partial charge is 0.350 e. The lowest BCUT2D eigenvalue weighted by atomic mass is 9.90. The number of carbonyl (C=O) groups excluding carboxylic acids is 3. The number of amides is 3. The molecule has 8 heteroatoms. The van der Waals surface area contributed by atoms with Gasteiger partial charge in [0, 0.05) is 41.7 Å². The van der Waals surface area contributed by atoms with Crippen molar-refractivity contribution in [1.29, 1.82) is 0 Å². The minimum Gasteiger partial charge on any atom is -0.350 e. The average molecular weight is 474 g/mol. The molecule has 0 radical (unpaired) electrons. The zero-order chi connectivity index (χ0) is 23.0. The molecular weight excluding hydrogens is 449 g/mol. The van der Waals surface area contributed by atoms with Gasteiger partial charge in [-0.25, -0.2) is 0 Å². The van der Waals surface area contributed by atoms with Crippen molar-refractivity contribution in [2.45, 2.75) is 57.8 Å². The maximum Gasteiger partial charge on any atom is 0.240 e. The number of rotatable bonds is 5. The first-order valence-electron chi connectivity index (χ1n) is 10.6. The molecule has 6 nitrogen and oxygen atoms in total. The van der Waals surface area contributed by atoms with Crippen LogP contribution in [0.25, 0.3) is 0 Å². The molecule has 2 aliphatic rings. The number of nitrogens with zero attached hydrogens (tertiary/aromatic N) is 1. The fourth-order valence-corrected chi connectivity index (χ4v) is 5.11. The van der Waals surface area contributed by atoms with E-state index in [1.807, 2.05) is 26.0 Å². The Morgan fingerprint density at radius 2 is 1.72 bits per heavy atom. The zero-order valence-corrected chi connectivity index (χ0v) is 19.5. The fourth-order valence-electron chi connectivity index (χ4n) is 4.31. The molecular formula is C24H25Cl2N3O3. The zero-order valence-electron chi connectivity index (χ0n) is 18.0. The number of hydrogen-bond donors (Lipinski definition) is 2. The Labute approximate surface area is 197 Å². The Morgan fingerprint density at radius 1 is 1.12 bits per heavy atom. The van der Waals surface area contributed by atoms with Crippen molar-refractivity contribution in [2.24, 2.45) is 0 Å². The standard InChI is InChI=1S/C24H25Cl2N3O3/c1-24(2,29-12-15-5-3-4-6-16(15)13-29)23(32)27-11-14-9-18(25)21(19(26)10-14)17-7-8-20(30)28-22(17)31/h3-6,9-10,17H,7-8,11-13H2,1-2H3,(H,27,32)(H,28,30,31). The molecule has 0 bridgehead atoms. The summed E-state index contributed by atoms with van der Waals surface area (Å²) >= 11 is 12.9. The molecule has 168 valence electrons. The van der Waals surface area contributed by atoms with E-state index in [-0.39, 0.29) is 30.7 Å². The topological polar surface area (TPSA) is 78.5 Å². The summed E-state index contributed by atoms with van der Waals surface area (Å²) in [6.07, 6.45) is 0.614. The molecule has 2 aliphatic heterocycles. The van der Waals surface area contributed by atoms with Gasteiger partial charge in [-0.2, -0.15) is 0 Å². The Morgan fingerprint density at radius 3 is 2.28 bits per heavy atom. The van der Waals surface area contributed by atoms with Crippen molar-refractivity contribution < 1.29 is 14.4 Å². The van der Waals surface area contributed by atoms with Crippen molar-refractivity contribution >= 4 is 40.9 Å². The molecule has 3 amide bonds. The summed E-state index contributed by atoms with van der Waals surface area (Å²) in [5.74, 6) is -1.33. The number of imide groups is 1. The van der Waals surface area contributed by atoms with Crippen molar-refractivity contribution in [3.63, 3.8) is 0 Å². The molecule has 1 atom stereocenters.